The normalized spacial score (nSPS) is 21.1. The molecule has 1 aromatic rings. The van der Waals surface area contributed by atoms with Crippen molar-refractivity contribution in [3.8, 4) is 0 Å². The van der Waals surface area contributed by atoms with Crippen LogP contribution < -0.4 is 11.1 Å². The molecule has 3 N–H and O–H groups in total. The van der Waals surface area contributed by atoms with E-state index in [0.717, 1.165) is 31.6 Å². The Morgan fingerprint density at radius 3 is 2.50 bits per heavy atom. The summed E-state index contributed by atoms with van der Waals surface area (Å²) < 4.78 is 0. The number of rotatable bonds is 1. The number of carbonyl (C=O) groups is 1. The van der Waals surface area contributed by atoms with Crippen LogP contribution in [0, 0.1) is 5.41 Å². The molecule has 4 nitrogen and oxygen atoms in total. The van der Waals surface area contributed by atoms with Crippen molar-refractivity contribution >= 4 is 17.4 Å². The molecule has 0 unspecified atom stereocenters. The van der Waals surface area contributed by atoms with E-state index in [4.69, 9.17) is 5.73 Å². The Hall–Kier alpha value is -1.71. The van der Waals surface area contributed by atoms with Crippen molar-refractivity contribution in [2.24, 2.45) is 5.41 Å². The molecule has 0 atom stereocenters. The largest absolute Gasteiger partial charge is 0.399 e. The zero-order valence-electron chi connectivity index (χ0n) is 11.9. The molecule has 0 radical (unpaired) electrons. The first-order valence-corrected chi connectivity index (χ1v) is 7.58. The molecule has 0 bridgehead atoms. The zero-order valence-corrected chi connectivity index (χ0v) is 11.9. The monoisotopic (exact) mass is 273 g/mol. The van der Waals surface area contributed by atoms with Crippen molar-refractivity contribution in [2.75, 3.05) is 24.1 Å². The number of urea groups is 1. The summed E-state index contributed by atoms with van der Waals surface area (Å²) in [7, 11) is 0. The maximum Gasteiger partial charge on any atom is 0.321 e. The van der Waals surface area contributed by atoms with Crippen molar-refractivity contribution < 1.29 is 4.79 Å². The number of nitrogen functional groups attached to an aromatic ring is 1. The van der Waals surface area contributed by atoms with E-state index in [-0.39, 0.29) is 6.03 Å². The molecule has 4 heteroatoms. The van der Waals surface area contributed by atoms with Crippen molar-refractivity contribution in [3.63, 3.8) is 0 Å². The summed E-state index contributed by atoms with van der Waals surface area (Å²) >= 11 is 0. The van der Waals surface area contributed by atoms with Gasteiger partial charge in [0.2, 0.25) is 0 Å². The second-order valence-corrected chi connectivity index (χ2v) is 6.25. The number of piperidine rings is 1. The van der Waals surface area contributed by atoms with Crippen LogP contribution in [0.5, 0.6) is 0 Å². The van der Waals surface area contributed by atoms with Crippen LogP contribution in [0.15, 0.2) is 24.3 Å². The van der Waals surface area contributed by atoms with Gasteiger partial charge in [-0.05, 0) is 49.3 Å². The first-order chi connectivity index (χ1) is 9.67. The van der Waals surface area contributed by atoms with Gasteiger partial charge in [0.25, 0.3) is 0 Å². The van der Waals surface area contributed by atoms with E-state index in [1.807, 2.05) is 23.1 Å². The third-order valence-corrected chi connectivity index (χ3v) is 4.91. The highest BCUT2D eigenvalue weighted by molar-refractivity contribution is 5.89. The first-order valence-electron chi connectivity index (χ1n) is 7.58. The number of amides is 2. The second kappa shape index (κ2) is 5.35. The molecule has 1 saturated carbocycles. The lowest BCUT2D eigenvalue weighted by Crippen LogP contribution is -2.44. The van der Waals surface area contributed by atoms with Crippen LogP contribution in [0.2, 0.25) is 0 Å². The quantitative estimate of drug-likeness (QED) is 0.770. The molecule has 1 saturated heterocycles. The van der Waals surface area contributed by atoms with Gasteiger partial charge in [0.05, 0.1) is 0 Å². The minimum Gasteiger partial charge on any atom is -0.399 e. The Balaban J connectivity index is 1.56. The fourth-order valence-corrected chi connectivity index (χ4v) is 3.63. The van der Waals surface area contributed by atoms with E-state index in [0.29, 0.717) is 11.1 Å². The molecule has 1 aromatic carbocycles. The van der Waals surface area contributed by atoms with Gasteiger partial charge in [0, 0.05) is 24.5 Å². The number of nitrogens with one attached hydrogen (secondary N) is 1. The molecule has 2 aliphatic rings. The van der Waals surface area contributed by atoms with Crippen LogP contribution in [0.1, 0.15) is 38.5 Å². The smallest absolute Gasteiger partial charge is 0.321 e. The molecule has 3 rings (SSSR count). The average molecular weight is 273 g/mol. The van der Waals surface area contributed by atoms with Crippen LogP contribution in [-0.4, -0.2) is 24.0 Å². The first kappa shape index (κ1) is 13.3. The lowest BCUT2D eigenvalue weighted by molar-refractivity contribution is 0.127. The molecule has 1 aliphatic carbocycles. The van der Waals surface area contributed by atoms with Gasteiger partial charge >= 0.3 is 6.03 Å². The van der Waals surface area contributed by atoms with Crippen molar-refractivity contribution in [1.29, 1.82) is 0 Å². The highest BCUT2D eigenvalue weighted by atomic mass is 16.2. The van der Waals surface area contributed by atoms with Gasteiger partial charge in [-0.25, -0.2) is 4.79 Å². The standard InChI is InChI=1S/C16H23N3O/c17-13-4-3-5-14(12-13)18-15(20)19-10-8-16(9-11-19)6-1-2-7-16/h3-5,12H,1-2,6-11,17H2,(H,18,20). The molecule has 0 aromatic heterocycles. The molecule has 108 valence electrons. The van der Waals surface area contributed by atoms with Gasteiger partial charge in [0.15, 0.2) is 0 Å². The number of nitrogens with zero attached hydrogens (tertiary/aromatic N) is 1. The second-order valence-electron chi connectivity index (χ2n) is 6.25. The maximum atomic E-state index is 12.3. The lowest BCUT2D eigenvalue weighted by Gasteiger charge is -2.39. The third kappa shape index (κ3) is 2.74. The molecule has 2 fully saturated rings. The minimum atomic E-state index is 0.00319. The fourth-order valence-electron chi connectivity index (χ4n) is 3.63. The van der Waals surface area contributed by atoms with E-state index < -0.39 is 0 Å². The molecule has 2 amide bonds. The average Bonchev–Trinajstić information content (AvgIpc) is 2.88. The Morgan fingerprint density at radius 2 is 1.85 bits per heavy atom. The number of likely N-dealkylation sites (tertiary alicyclic amines) is 1. The molecular weight excluding hydrogens is 250 g/mol. The van der Waals surface area contributed by atoms with E-state index in [2.05, 4.69) is 5.32 Å². The van der Waals surface area contributed by atoms with Gasteiger partial charge in [-0.2, -0.15) is 0 Å². The predicted octanol–water partition coefficient (Wildman–Crippen LogP) is 3.46. The highest BCUT2D eigenvalue weighted by Gasteiger charge is 2.37. The van der Waals surface area contributed by atoms with E-state index in [9.17, 15) is 4.79 Å². The van der Waals surface area contributed by atoms with Gasteiger partial charge in [-0.15, -0.1) is 0 Å². The molecule has 1 heterocycles. The number of anilines is 2. The Labute approximate surface area is 120 Å². The lowest BCUT2D eigenvalue weighted by atomic mass is 9.77. The zero-order chi connectivity index (χ0) is 14.0. The van der Waals surface area contributed by atoms with Gasteiger partial charge in [0.1, 0.15) is 0 Å². The number of hydrogen-bond acceptors (Lipinski definition) is 2. The van der Waals surface area contributed by atoms with Gasteiger partial charge in [-0.3, -0.25) is 0 Å². The molecule has 20 heavy (non-hydrogen) atoms. The summed E-state index contributed by atoms with van der Waals surface area (Å²) in [6.45, 7) is 1.77. The molecule has 1 spiro atoms. The van der Waals surface area contributed by atoms with Gasteiger partial charge < -0.3 is 16.0 Å². The number of benzene rings is 1. The van der Waals surface area contributed by atoms with E-state index >= 15 is 0 Å². The highest BCUT2D eigenvalue weighted by Crippen LogP contribution is 2.46. The summed E-state index contributed by atoms with van der Waals surface area (Å²) in [4.78, 5) is 14.2. The minimum absolute atomic E-state index is 0.00319. The van der Waals surface area contributed by atoms with Crippen LogP contribution in [0.25, 0.3) is 0 Å². The summed E-state index contributed by atoms with van der Waals surface area (Å²) in [6, 6.07) is 7.34. The fraction of sp³-hybridized carbons (Fsp3) is 0.562. The Morgan fingerprint density at radius 1 is 1.15 bits per heavy atom. The number of carbonyl (C=O) groups excluding carboxylic acids is 1. The summed E-state index contributed by atoms with van der Waals surface area (Å²) in [5, 5.41) is 2.94. The number of nitrogens with two attached hydrogens (primary N) is 1. The predicted molar refractivity (Wildman–Crippen MR) is 81.6 cm³/mol. The maximum absolute atomic E-state index is 12.3. The van der Waals surface area contributed by atoms with Crippen molar-refractivity contribution in [2.45, 2.75) is 38.5 Å². The third-order valence-electron chi connectivity index (χ3n) is 4.91. The molecule has 1 aliphatic heterocycles. The van der Waals surface area contributed by atoms with Gasteiger partial charge in [-0.1, -0.05) is 18.9 Å². The van der Waals surface area contributed by atoms with E-state index in [1.54, 1.807) is 6.07 Å². The van der Waals surface area contributed by atoms with Crippen LogP contribution in [-0.2, 0) is 0 Å². The van der Waals surface area contributed by atoms with Crippen LogP contribution in [0.4, 0.5) is 16.2 Å². The van der Waals surface area contributed by atoms with Crippen LogP contribution in [0.3, 0.4) is 0 Å². The summed E-state index contributed by atoms with van der Waals surface area (Å²) in [6.07, 6.45) is 7.79. The summed E-state index contributed by atoms with van der Waals surface area (Å²) in [5.41, 5.74) is 7.72. The van der Waals surface area contributed by atoms with Crippen LogP contribution >= 0.6 is 0 Å². The topological polar surface area (TPSA) is 58.4 Å². The van der Waals surface area contributed by atoms with Crippen molar-refractivity contribution in [3.05, 3.63) is 24.3 Å². The summed E-state index contributed by atoms with van der Waals surface area (Å²) in [5.74, 6) is 0. The molecular formula is C16H23N3O. The number of hydrogen-bond donors (Lipinski definition) is 2. The SMILES string of the molecule is Nc1cccc(NC(=O)N2CCC3(CCCC3)CC2)c1. The van der Waals surface area contributed by atoms with E-state index in [1.165, 1.54) is 25.7 Å². The Kier molecular flexibility index (Phi) is 3.55. The Bertz CT molecular complexity index is 484. The van der Waals surface area contributed by atoms with Crippen molar-refractivity contribution in [1.82, 2.24) is 4.90 Å².